The van der Waals surface area contributed by atoms with Crippen molar-refractivity contribution in [3.8, 4) is 0 Å². The Hall–Kier alpha value is -0.550. The van der Waals surface area contributed by atoms with Gasteiger partial charge in [0.05, 0.1) is 11.5 Å². The van der Waals surface area contributed by atoms with E-state index in [0.717, 1.165) is 29.4 Å². The summed E-state index contributed by atoms with van der Waals surface area (Å²) >= 11 is 3.36. The normalized spacial score (nSPS) is 11.4. The number of nitrogens with one attached hydrogen (secondary N) is 1. The lowest BCUT2D eigenvalue weighted by atomic mass is 10.3. The molecule has 0 saturated carbocycles. The average Bonchev–Trinajstić information content (AvgIpc) is 2.32. The number of anilines is 1. The van der Waals surface area contributed by atoms with Crippen LogP contribution in [-0.2, 0) is 9.84 Å². The molecule has 1 rings (SSSR count). The molecule has 0 aliphatic heterocycles. The molecule has 0 aliphatic carbocycles. The Morgan fingerprint density at radius 2 is 1.78 bits per heavy atom. The molecule has 0 aromatic heterocycles. The van der Waals surface area contributed by atoms with Gasteiger partial charge in [-0.2, -0.15) is 0 Å². The molecule has 1 aromatic carbocycles. The van der Waals surface area contributed by atoms with Gasteiger partial charge in [0.15, 0.2) is 9.84 Å². The second kappa shape index (κ2) is 7.79. The summed E-state index contributed by atoms with van der Waals surface area (Å²) in [5.41, 5.74) is 0.946. The van der Waals surface area contributed by atoms with Gasteiger partial charge in [-0.05, 0) is 30.7 Å². The fourth-order valence-electron chi connectivity index (χ4n) is 1.59. The van der Waals surface area contributed by atoms with Gasteiger partial charge >= 0.3 is 0 Å². The number of hydrogen-bond donors (Lipinski definition) is 1. The summed E-state index contributed by atoms with van der Waals surface area (Å²) in [6.07, 6.45) is 2.81. The first-order valence-corrected chi connectivity index (χ1v) is 8.85. The van der Waals surface area contributed by atoms with Crippen molar-refractivity contribution in [1.29, 1.82) is 0 Å². The van der Waals surface area contributed by atoms with Gasteiger partial charge in [-0.3, -0.25) is 0 Å². The minimum Gasteiger partial charge on any atom is -0.384 e. The number of hydrogen-bond acceptors (Lipinski definition) is 3. The molecule has 0 heterocycles. The molecule has 102 valence electrons. The lowest BCUT2D eigenvalue weighted by molar-refractivity contribution is 0.591. The summed E-state index contributed by atoms with van der Waals surface area (Å²) in [5.74, 6) is 0.510. The van der Waals surface area contributed by atoms with Crippen LogP contribution in [0.2, 0.25) is 0 Å². The van der Waals surface area contributed by atoms with E-state index in [1.54, 1.807) is 0 Å². The highest BCUT2D eigenvalue weighted by atomic mass is 79.9. The molecule has 3 nitrogen and oxygen atoms in total. The average molecular weight is 334 g/mol. The molecule has 0 unspecified atom stereocenters. The third-order valence-electron chi connectivity index (χ3n) is 2.65. The molecular weight excluding hydrogens is 314 g/mol. The zero-order chi connectivity index (χ0) is 13.4. The minimum atomic E-state index is -2.90. The van der Waals surface area contributed by atoms with Crippen LogP contribution in [0.15, 0.2) is 28.7 Å². The van der Waals surface area contributed by atoms with Gasteiger partial charge in [0.25, 0.3) is 0 Å². The zero-order valence-electron chi connectivity index (χ0n) is 10.7. The van der Waals surface area contributed by atoms with Crippen molar-refractivity contribution >= 4 is 31.5 Å². The van der Waals surface area contributed by atoms with Crippen LogP contribution < -0.4 is 5.32 Å². The second-order valence-corrected chi connectivity index (χ2v) is 7.51. The molecule has 1 aromatic rings. The van der Waals surface area contributed by atoms with Crippen molar-refractivity contribution in [1.82, 2.24) is 0 Å². The number of unbranched alkanes of at least 4 members (excludes halogenated alkanes) is 2. The maximum atomic E-state index is 11.7. The highest BCUT2D eigenvalue weighted by molar-refractivity contribution is 9.10. The quantitative estimate of drug-likeness (QED) is 0.741. The summed E-state index contributed by atoms with van der Waals surface area (Å²) in [4.78, 5) is 0. The Morgan fingerprint density at radius 3 is 2.39 bits per heavy atom. The monoisotopic (exact) mass is 333 g/mol. The molecule has 0 radical (unpaired) electrons. The van der Waals surface area contributed by atoms with Crippen LogP contribution in [-0.4, -0.2) is 26.5 Å². The Labute approximate surface area is 118 Å². The molecule has 0 saturated heterocycles. The number of benzene rings is 1. The van der Waals surface area contributed by atoms with Crippen molar-refractivity contribution in [3.05, 3.63) is 28.7 Å². The van der Waals surface area contributed by atoms with Crippen LogP contribution in [0.3, 0.4) is 0 Å². The van der Waals surface area contributed by atoms with Gasteiger partial charge in [-0.1, -0.05) is 35.7 Å². The summed E-state index contributed by atoms with van der Waals surface area (Å²) in [6, 6.07) is 7.71. The zero-order valence-corrected chi connectivity index (χ0v) is 13.1. The number of halogens is 1. The summed E-state index contributed by atoms with van der Waals surface area (Å²) < 4.78 is 24.4. The van der Waals surface area contributed by atoms with Crippen molar-refractivity contribution in [2.75, 3.05) is 23.4 Å². The molecular formula is C13H20BrNO2S. The van der Waals surface area contributed by atoms with E-state index in [9.17, 15) is 8.42 Å². The molecule has 0 bridgehead atoms. The fourth-order valence-corrected chi connectivity index (χ4v) is 3.12. The van der Waals surface area contributed by atoms with Gasteiger partial charge in [0.1, 0.15) is 0 Å². The first-order valence-electron chi connectivity index (χ1n) is 6.23. The van der Waals surface area contributed by atoms with Crippen LogP contribution in [0.4, 0.5) is 5.69 Å². The summed E-state index contributed by atoms with van der Waals surface area (Å²) in [5, 5.41) is 3.12. The largest absolute Gasteiger partial charge is 0.384 e. The van der Waals surface area contributed by atoms with E-state index >= 15 is 0 Å². The predicted octanol–water partition coefficient (Wildman–Crippen LogP) is 3.47. The molecule has 0 spiro atoms. The van der Waals surface area contributed by atoms with Gasteiger partial charge in [0.2, 0.25) is 0 Å². The van der Waals surface area contributed by atoms with Gasteiger partial charge in [-0.25, -0.2) is 8.42 Å². The topological polar surface area (TPSA) is 46.2 Å². The van der Waals surface area contributed by atoms with E-state index < -0.39 is 9.84 Å². The van der Waals surface area contributed by atoms with Gasteiger partial charge < -0.3 is 5.32 Å². The summed E-state index contributed by atoms with van der Waals surface area (Å²) in [6.45, 7) is 2.54. The van der Waals surface area contributed by atoms with E-state index in [0.29, 0.717) is 12.3 Å². The highest BCUT2D eigenvalue weighted by Gasteiger charge is 2.09. The predicted molar refractivity (Wildman–Crippen MR) is 80.8 cm³/mol. The van der Waals surface area contributed by atoms with E-state index in [4.69, 9.17) is 0 Å². The van der Waals surface area contributed by atoms with Crippen molar-refractivity contribution in [2.45, 2.75) is 26.2 Å². The third kappa shape index (κ3) is 6.40. The second-order valence-electron chi connectivity index (χ2n) is 4.29. The van der Waals surface area contributed by atoms with Crippen LogP contribution >= 0.6 is 15.9 Å². The number of sulfone groups is 1. The highest BCUT2D eigenvalue weighted by Crippen LogP contribution is 2.13. The molecule has 0 fully saturated rings. The molecule has 0 aliphatic rings. The summed E-state index contributed by atoms with van der Waals surface area (Å²) in [7, 11) is -2.90. The first-order chi connectivity index (χ1) is 8.53. The smallest absolute Gasteiger partial charge is 0.152 e. The Bertz CT molecular complexity index is 443. The van der Waals surface area contributed by atoms with Gasteiger partial charge in [-0.15, -0.1) is 0 Å². The van der Waals surface area contributed by atoms with Crippen molar-refractivity contribution in [2.24, 2.45) is 0 Å². The van der Waals surface area contributed by atoms with E-state index in [1.807, 2.05) is 24.3 Å². The SMILES string of the molecule is CCCCCS(=O)(=O)CCNc1ccc(Br)cc1. The maximum absolute atomic E-state index is 11.7. The van der Waals surface area contributed by atoms with Crippen LogP contribution in [0.1, 0.15) is 26.2 Å². The molecule has 0 amide bonds. The van der Waals surface area contributed by atoms with Crippen LogP contribution in [0.5, 0.6) is 0 Å². The Kier molecular flexibility index (Phi) is 6.71. The lowest BCUT2D eigenvalue weighted by Crippen LogP contribution is -2.18. The molecule has 1 N–H and O–H groups in total. The Balaban J connectivity index is 2.30. The molecule has 0 atom stereocenters. The van der Waals surface area contributed by atoms with Crippen molar-refractivity contribution < 1.29 is 8.42 Å². The van der Waals surface area contributed by atoms with Gasteiger partial charge in [0, 0.05) is 16.7 Å². The lowest BCUT2D eigenvalue weighted by Gasteiger charge is -2.07. The minimum absolute atomic E-state index is 0.201. The molecule has 5 heteroatoms. The van der Waals surface area contributed by atoms with E-state index in [1.165, 1.54) is 0 Å². The molecule has 18 heavy (non-hydrogen) atoms. The third-order valence-corrected chi connectivity index (χ3v) is 4.91. The first kappa shape index (κ1) is 15.5. The van der Waals surface area contributed by atoms with Crippen LogP contribution in [0.25, 0.3) is 0 Å². The fraction of sp³-hybridized carbons (Fsp3) is 0.538. The maximum Gasteiger partial charge on any atom is 0.152 e. The van der Waals surface area contributed by atoms with Crippen LogP contribution in [0, 0.1) is 0 Å². The van der Waals surface area contributed by atoms with E-state index in [-0.39, 0.29) is 5.75 Å². The Morgan fingerprint density at radius 1 is 1.11 bits per heavy atom. The van der Waals surface area contributed by atoms with Crippen molar-refractivity contribution in [3.63, 3.8) is 0 Å². The van der Waals surface area contributed by atoms with E-state index in [2.05, 4.69) is 28.2 Å². The number of rotatable bonds is 8. The standard InChI is InChI=1S/C13H20BrNO2S/c1-2-3-4-10-18(16,17)11-9-15-13-7-5-12(14)6-8-13/h5-8,15H,2-4,9-11H2,1H3.